The summed E-state index contributed by atoms with van der Waals surface area (Å²) in [6.07, 6.45) is 7.01. The maximum atomic E-state index is 5.82. The highest BCUT2D eigenvalue weighted by atomic mass is 16.3. The van der Waals surface area contributed by atoms with Crippen LogP contribution in [0.2, 0.25) is 0 Å². The molecule has 0 radical (unpaired) electrons. The van der Waals surface area contributed by atoms with E-state index in [1.165, 1.54) is 48.3 Å². The third-order valence-corrected chi connectivity index (χ3v) is 5.23. The van der Waals surface area contributed by atoms with Crippen LogP contribution in [0.5, 0.6) is 0 Å². The van der Waals surface area contributed by atoms with E-state index in [9.17, 15) is 0 Å². The SMILES string of the molecule is Cc1ccccc1N1C(C)c2occc2C12CCCC2. The van der Waals surface area contributed by atoms with Crippen LogP contribution >= 0.6 is 0 Å². The summed E-state index contributed by atoms with van der Waals surface area (Å²) < 4.78 is 5.82. The molecule has 0 saturated heterocycles. The number of rotatable bonds is 1. The topological polar surface area (TPSA) is 16.4 Å². The van der Waals surface area contributed by atoms with Crippen molar-refractivity contribution in [2.24, 2.45) is 0 Å². The minimum Gasteiger partial charge on any atom is -0.467 e. The molecule has 104 valence electrons. The first-order chi connectivity index (χ1) is 9.74. The lowest BCUT2D eigenvalue weighted by molar-refractivity contribution is 0.403. The molecular weight excluding hydrogens is 246 g/mol. The van der Waals surface area contributed by atoms with E-state index in [2.05, 4.69) is 49.1 Å². The lowest BCUT2D eigenvalue weighted by atomic mass is 9.89. The van der Waals surface area contributed by atoms with E-state index in [4.69, 9.17) is 4.42 Å². The molecule has 1 aliphatic carbocycles. The van der Waals surface area contributed by atoms with Gasteiger partial charge in [0.25, 0.3) is 0 Å². The molecule has 1 aromatic carbocycles. The minimum atomic E-state index is 0.174. The molecule has 4 rings (SSSR count). The summed E-state index contributed by atoms with van der Waals surface area (Å²) in [6.45, 7) is 4.49. The van der Waals surface area contributed by atoms with Crippen LogP contribution in [0.1, 0.15) is 55.5 Å². The Kier molecular flexibility index (Phi) is 2.50. The molecule has 2 aliphatic rings. The predicted octanol–water partition coefficient (Wildman–Crippen LogP) is 4.94. The van der Waals surface area contributed by atoms with Crippen LogP contribution in [0.25, 0.3) is 0 Å². The number of aryl methyl sites for hydroxylation is 1. The van der Waals surface area contributed by atoms with Gasteiger partial charge in [-0.1, -0.05) is 31.0 Å². The van der Waals surface area contributed by atoms with Crippen molar-refractivity contribution in [2.75, 3.05) is 4.90 Å². The van der Waals surface area contributed by atoms with Crippen molar-refractivity contribution in [3.05, 3.63) is 53.5 Å². The molecule has 0 N–H and O–H groups in total. The minimum absolute atomic E-state index is 0.174. The molecule has 1 spiro atoms. The number of anilines is 1. The number of hydrogen-bond donors (Lipinski definition) is 0. The maximum Gasteiger partial charge on any atom is 0.131 e. The highest BCUT2D eigenvalue weighted by Gasteiger charge is 2.52. The fraction of sp³-hybridized carbons (Fsp3) is 0.444. The van der Waals surface area contributed by atoms with Crippen molar-refractivity contribution < 1.29 is 4.42 Å². The molecule has 0 amide bonds. The molecule has 0 bridgehead atoms. The normalized spacial score (nSPS) is 23.5. The summed E-state index contributed by atoms with van der Waals surface area (Å²) in [4.78, 5) is 2.63. The number of hydrogen-bond acceptors (Lipinski definition) is 2. The van der Waals surface area contributed by atoms with Crippen molar-refractivity contribution in [1.29, 1.82) is 0 Å². The average molecular weight is 267 g/mol. The van der Waals surface area contributed by atoms with Crippen molar-refractivity contribution in [2.45, 2.75) is 51.1 Å². The summed E-state index contributed by atoms with van der Waals surface area (Å²) in [6, 6.07) is 11.3. The van der Waals surface area contributed by atoms with Gasteiger partial charge in [0.2, 0.25) is 0 Å². The summed E-state index contributed by atoms with van der Waals surface area (Å²) in [5, 5.41) is 0. The van der Waals surface area contributed by atoms with Gasteiger partial charge in [0.1, 0.15) is 5.76 Å². The van der Waals surface area contributed by atoms with E-state index >= 15 is 0 Å². The molecule has 1 aliphatic heterocycles. The smallest absolute Gasteiger partial charge is 0.131 e. The van der Waals surface area contributed by atoms with Crippen LogP contribution in [-0.4, -0.2) is 0 Å². The third-order valence-electron chi connectivity index (χ3n) is 5.23. The molecule has 2 heteroatoms. The van der Waals surface area contributed by atoms with Gasteiger partial charge in [-0.2, -0.15) is 0 Å². The third kappa shape index (κ3) is 1.39. The highest BCUT2D eigenvalue weighted by molar-refractivity contribution is 5.62. The molecule has 1 atom stereocenters. The quantitative estimate of drug-likeness (QED) is 0.727. The number of fused-ring (bicyclic) bond motifs is 2. The molecule has 2 aromatic rings. The van der Waals surface area contributed by atoms with E-state index in [1.807, 2.05) is 6.26 Å². The van der Waals surface area contributed by atoms with Gasteiger partial charge in [-0.05, 0) is 44.4 Å². The Bertz CT molecular complexity index is 636. The highest BCUT2D eigenvalue weighted by Crippen LogP contribution is 2.56. The standard InChI is InChI=1S/C18H21NO/c1-13-7-3-4-8-16(13)19-14(2)17-15(9-12-20-17)18(19)10-5-6-11-18/h3-4,7-9,12,14H,5-6,10-11H2,1-2H3. The first-order valence-corrected chi connectivity index (χ1v) is 7.67. The monoisotopic (exact) mass is 267 g/mol. The van der Waals surface area contributed by atoms with E-state index in [0.717, 1.165) is 0 Å². The molecule has 2 nitrogen and oxygen atoms in total. The van der Waals surface area contributed by atoms with Crippen LogP contribution in [0.15, 0.2) is 41.0 Å². The van der Waals surface area contributed by atoms with Crippen LogP contribution < -0.4 is 4.90 Å². The summed E-state index contributed by atoms with van der Waals surface area (Å²) in [5.74, 6) is 1.18. The Hall–Kier alpha value is -1.70. The summed E-state index contributed by atoms with van der Waals surface area (Å²) in [5.41, 5.74) is 4.34. The number of furan rings is 1. The zero-order valence-corrected chi connectivity index (χ0v) is 12.2. The summed E-state index contributed by atoms with van der Waals surface area (Å²) >= 11 is 0. The first-order valence-electron chi connectivity index (χ1n) is 7.67. The van der Waals surface area contributed by atoms with Crippen molar-refractivity contribution in [3.8, 4) is 0 Å². The van der Waals surface area contributed by atoms with Gasteiger partial charge in [0.05, 0.1) is 17.8 Å². The van der Waals surface area contributed by atoms with Crippen LogP contribution in [0, 0.1) is 6.92 Å². The predicted molar refractivity (Wildman–Crippen MR) is 80.9 cm³/mol. The zero-order chi connectivity index (χ0) is 13.7. The van der Waals surface area contributed by atoms with E-state index < -0.39 is 0 Å². The largest absolute Gasteiger partial charge is 0.467 e. The molecule has 1 aromatic heterocycles. The average Bonchev–Trinajstić information content (AvgIpc) is 3.12. The molecular formula is C18H21NO. The van der Waals surface area contributed by atoms with Crippen molar-refractivity contribution >= 4 is 5.69 Å². The van der Waals surface area contributed by atoms with E-state index in [1.54, 1.807) is 0 Å². The summed E-state index contributed by atoms with van der Waals surface area (Å²) in [7, 11) is 0. The van der Waals surface area contributed by atoms with Crippen LogP contribution in [0.3, 0.4) is 0 Å². The molecule has 1 fully saturated rings. The van der Waals surface area contributed by atoms with Gasteiger partial charge in [0, 0.05) is 11.3 Å². The fourth-order valence-electron chi connectivity index (χ4n) is 4.39. The Morgan fingerprint density at radius 3 is 2.65 bits per heavy atom. The Balaban J connectivity index is 1.91. The van der Waals surface area contributed by atoms with Gasteiger partial charge < -0.3 is 9.32 Å². The van der Waals surface area contributed by atoms with Crippen molar-refractivity contribution in [3.63, 3.8) is 0 Å². The van der Waals surface area contributed by atoms with Crippen LogP contribution in [-0.2, 0) is 5.54 Å². The lowest BCUT2D eigenvalue weighted by Gasteiger charge is -2.40. The zero-order valence-electron chi connectivity index (χ0n) is 12.2. The van der Waals surface area contributed by atoms with Gasteiger partial charge in [0.15, 0.2) is 0 Å². The number of benzene rings is 1. The Labute approximate surface area is 120 Å². The molecule has 1 unspecified atom stereocenters. The van der Waals surface area contributed by atoms with Gasteiger partial charge in [-0.25, -0.2) is 0 Å². The fourth-order valence-corrected chi connectivity index (χ4v) is 4.39. The second kappa shape index (κ2) is 4.15. The van der Waals surface area contributed by atoms with Crippen molar-refractivity contribution in [1.82, 2.24) is 0 Å². The number of para-hydroxylation sites is 1. The maximum absolute atomic E-state index is 5.82. The van der Waals surface area contributed by atoms with E-state index in [0.29, 0.717) is 6.04 Å². The van der Waals surface area contributed by atoms with Gasteiger partial charge in [-0.15, -0.1) is 0 Å². The molecule has 2 heterocycles. The van der Waals surface area contributed by atoms with Gasteiger partial charge >= 0.3 is 0 Å². The Morgan fingerprint density at radius 1 is 1.15 bits per heavy atom. The second-order valence-corrected chi connectivity index (χ2v) is 6.27. The molecule has 20 heavy (non-hydrogen) atoms. The molecule has 1 saturated carbocycles. The lowest BCUT2D eigenvalue weighted by Crippen LogP contribution is -2.40. The second-order valence-electron chi connectivity index (χ2n) is 6.27. The first kappa shape index (κ1) is 12.1. The number of nitrogens with zero attached hydrogens (tertiary/aromatic N) is 1. The Morgan fingerprint density at radius 2 is 1.90 bits per heavy atom. The van der Waals surface area contributed by atoms with E-state index in [-0.39, 0.29) is 5.54 Å². The van der Waals surface area contributed by atoms with Crippen LogP contribution in [0.4, 0.5) is 5.69 Å². The van der Waals surface area contributed by atoms with Gasteiger partial charge in [-0.3, -0.25) is 0 Å².